The molecule has 0 aliphatic rings. The molecule has 0 radical (unpaired) electrons. The van der Waals surface area contributed by atoms with E-state index in [2.05, 4.69) is 27.5 Å². The SMILES string of the molecule is CN=C(NCC#Cc1cccc(C(F)(F)F)c1)N(C)CC(=O)NC(C)(C)C.I. The van der Waals surface area contributed by atoms with Gasteiger partial charge >= 0.3 is 6.18 Å². The van der Waals surface area contributed by atoms with Gasteiger partial charge in [-0.05, 0) is 39.0 Å². The standard InChI is InChI=1S/C19H25F3N4O.HI/c1-18(2,3)25-16(27)13-26(5)17(23-4)24-11-7-9-14-8-6-10-15(12-14)19(20,21)22;/h6,8,10,12H,11,13H2,1-5H3,(H,23,24)(H,25,27);1H. The van der Waals surface area contributed by atoms with E-state index in [-0.39, 0.29) is 54.1 Å². The number of hydrogen-bond donors (Lipinski definition) is 2. The molecule has 0 fully saturated rings. The van der Waals surface area contributed by atoms with Crippen molar-refractivity contribution in [1.29, 1.82) is 0 Å². The molecule has 0 aliphatic heterocycles. The number of carbonyl (C=O) groups is 1. The molecule has 9 heteroatoms. The van der Waals surface area contributed by atoms with Crippen LogP contribution in [0.1, 0.15) is 31.9 Å². The molecule has 156 valence electrons. The lowest BCUT2D eigenvalue weighted by Gasteiger charge is -2.25. The summed E-state index contributed by atoms with van der Waals surface area (Å²) in [5, 5.41) is 5.80. The quantitative estimate of drug-likeness (QED) is 0.285. The van der Waals surface area contributed by atoms with Crippen molar-refractivity contribution < 1.29 is 18.0 Å². The summed E-state index contributed by atoms with van der Waals surface area (Å²) in [5.74, 6) is 5.74. The molecule has 28 heavy (non-hydrogen) atoms. The average Bonchev–Trinajstić information content (AvgIpc) is 2.52. The van der Waals surface area contributed by atoms with Crippen molar-refractivity contribution >= 4 is 35.8 Å². The van der Waals surface area contributed by atoms with Crippen LogP contribution >= 0.6 is 24.0 Å². The van der Waals surface area contributed by atoms with Crippen LogP contribution < -0.4 is 10.6 Å². The van der Waals surface area contributed by atoms with Crippen LogP contribution in [0.15, 0.2) is 29.3 Å². The molecule has 0 saturated carbocycles. The lowest BCUT2D eigenvalue weighted by Crippen LogP contribution is -2.48. The lowest BCUT2D eigenvalue weighted by atomic mass is 10.1. The summed E-state index contributed by atoms with van der Waals surface area (Å²) < 4.78 is 38.1. The van der Waals surface area contributed by atoms with Crippen LogP contribution in [0.4, 0.5) is 13.2 Å². The molecular formula is C19H26F3IN4O. The smallest absolute Gasteiger partial charge is 0.350 e. The van der Waals surface area contributed by atoms with Crippen molar-refractivity contribution in [3.63, 3.8) is 0 Å². The van der Waals surface area contributed by atoms with Gasteiger partial charge in [-0.15, -0.1) is 24.0 Å². The zero-order valence-electron chi connectivity index (χ0n) is 16.6. The molecule has 2 N–H and O–H groups in total. The van der Waals surface area contributed by atoms with Crippen LogP contribution in [0, 0.1) is 11.8 Å². The second-order valence-corrected chi connectivity index (χ2v) is 6.94. The number of carbonyl (C=O) groups excluding carboxylic acids is 1. The van der Waals surface area contributed by atoms with Gasteiger partial charge in [0.1, 0.15) is 0 Å². The highest BCUT2D eigenvalue weighted by Crippen LogP contribution is 2.29. The van der Waals surface area contributed by atoms with E-state index >= 15 is 0 Å². The predicted molar refractivity (Wildman–Crippen MR) is 116 cm³/mol. The first-order chi connectivity index (χ1) is 12.4. The van der Waals surface area contributed by atoms with Crippen molar-refractivity contribution in [3.05, 3.63) is 35.4 Å². The first-order valence-corrected chi connectivity index (χ1v) is 8.31. The number of guanidine groups is 1. The third kappa shape index (κ3) is 9.82. The topological polar surface area (TPSA) is 56.7 Å². The van der Waals surface area contributed by atoms with Gasteiger partial charge in [0.25, 0.3) is 0 Å². The van der Waals surface area contributed by atoms with E-state index in [0.29, 0.717) is 5.96 Å². The summed E-state index contributed by atoms with van der Waals surface area (Å²) in [6, 6.07) is 4.84. The van der Waals surface area contributed by atoms with E-state index in [1.807, 2.05) is 20.8 Å². The van der Waals surface area contributed by atoms with Crippen molar-refractivity contribution in [2.75, 3.05) is 27.2 Å². The van der Waals surface area contributed by atoms with Gasteiger partial charge in [0.05, 0.1) is 18.7 Å². The third-order valence-corrected chi connectivity index (χ3v) is 3.23. The number of amides is 1. The van der Waals surface area contributed by atoms with Crippen molar-refractivity contribution in [1.82, 2.24) is 15.5 Å². The number of halogens is 4. The highest BCUT2D eigenvalue weighted by atomic mass is 127. The molecule has 0 aliphatic carbocycles. The van der Waals surface area contributed by atoms with Gasteiger partial charge < -0.3 is 15.5 Å². The molecule has 0 saturated heterocycles. The zero-order valence-corrected chi connectivity index (χ0v) is 18.9. The van der Waals surface area contributed by atoms with Crippen LogP contribution in [0.5, 0.6) is 0 Å². The fourth-order valence-electron chi connectivity index (χ4n) is 2.18. The maximum absolute atomic E-state index is 12.7. The lowest BCUT2D eigenvalue weighted by molar-refractivity contribution is -0.137. The minimum atomic E-state index is -4.39. The van der Waals surface area contributed by atoms with E-state index in [4.69, 9.17) is 0 Å². The second-order valence-electron chi connectivity index (χ2n) is 6.94. The Bertz CT molecular complexity index is 746. The summed E-state index contributed by atoms with van der Waals surface area (Å²) in [7, 11) is 3.28. The van der Waals surface area contributed by atoms with Crippen molar-refractivity contribution in [3.8, 4) is 11.8 Å². The van der Waals surface area contributed by atoms with Gasteiger partial charge in [0.2, 0.25) is 5.91 Å². The fraction of sp³-hybridized carbons (Fsp3) is 0.474. The number of hydrogen-bond acceptors (Lipinski definition) is 2. The van der Waals surface area contributed by atoms with Gasteiger partial charge in [-0.25, -0.2) is 0 Å². The molecular weight excluding hydrogens is 484 g/mol. The Labute approximate surface area is 181 Å². The molecule has 1 rings (SSSR count). The van der Waals surface area contributed by atoms with Gasteiger partial charge in [-0.3, -0.25) is 9.79 Å². The predicted octanol–water partition coefficient (Wildman–Crippen LogP) is 3.10. The maximum atomic E-state index is 12.7. The van der Waals surface area contributed by atoms with Gasteiger partial charge in [0.15, 0.2) is 5.96 Å². The minimum Gasteiger partial charge on any atom is -0.350 e. The third-order valence-electron chi connectivity index (χ3n) is 3.23. The first kappa shape index (κ1) is 26.0. The molecule has 0 aromatic heterocycles. The average molecular weight is 510 g/mol. The second kappa shape index (κ2) is 11.1. The molecule has 0 atom stereocenters. The molecule has 1 amide bonds. The molecule has 1 aromatic carbocycles. The first-order valence-electron chi connectivity index (χ1n) is 8.31. The number of benzene rings is 1. The molecule has 0 unspecified atom stereocenters. The maximum Gasteiger partial charge on any atom is 0.416 e. The highest BCUT2D eigenvalue weighted by molar-refractivity contribution is 14.0. The van der Waals surface area contributed by atoms with Crippen molar-refractivity contribution in [2.45, 2.75) is 32.5 Å². The van der Waals surface area contributed by atoms with E-state index in [1.54, 1.807) is 19.0 Å². The van der Waals surface area contributed by atoms with Gasteiger partial charge in [-0.2, -0.15) is 13.2 Å². The number of nitrogens with zero attached hydrogens (tertiary/aromatic N) is 2. The molecule has 0 bridgehead atoms. The van der Waals surface area contributed by atoms with Gasteiger partial charge in [-0.1, -0.05) is 17.9 Å². The number of likely N-dealkylation sites (N-methyl/N-ethyl adjacent to an activating group) is 1. The fourth-order valence-corrected chi connectivity index (χ4v) is 2.18. The zero-order chi connectivity index (χ0) is 20.7. The van der Waals surface area contributed by atoms with Gasteiger partial charge in [0, 0.05) is 25.2 Å². The van der Waals surface area contributed by atoms with Crippen molar-refractivity contribution in [2.24, 2.45) is 4.99 Å². The van der Waals surface area contributed by atoms with Crippen LogP contribution in [0.3, 0.4) is 0 Å². The Morgan fingerprint density at radius 3 is 2.43 bits per heavy atom. The Balaban J connectivity index is 0.00000729. The number of alkyl halides is 3. The van der Waals surface area contributed by atoms with Crippen LogP contribution in [-0.2, 0) is 11.0 Å². The summed E-state index contributed by atoms with van der Waals surface area (Å²) in [6.07, 6.45) is -4.39. The summed E-state index contributed by atoms with van der Waals surface area (Å²) in [4.78, 5) is 17.7. The van der Waals surface area contributed by atoms with Crippen LogP contribution in [0.25, 0.3) is 0 Å². The Morgan fingerprint density at radius 1 is 1.25 bits per heavy atom. The molecule has 0 heterocycles. The van der Waals surface area contributed by atoms with E-state index in [0.717, 1.165) is 12.1 Å². The summed E-state index contributed by atoms with van der Waals surface area (Å²) >= 11 is 0. The monoisotopic (exact) mass is 510 g/mol. The molecule has 0 spiro atoms. The van der Waals surface area contributed by atoms with Crippen LogP contribution in [-0.4, -0.2) is 49.5 Å². The van der Waals surface area contributed by atoms with E-state index in [1.165, 1.54) is 12.1 Å². The normalized spacial score (nSPS) is 11.6. The molecule has 5 nitrogen and oxygen atoms in total. The Morgan fingerprint density at radius 2 is 1.89 bits per heavy atom. The summed E-state index contributed by atoms with van der Waals surface area (Å²) in [6.45, 7) is 5.95. The number of aliphatic imine (C=N–C) groups is 1. The molecule has 1 aromatic rings. The van der Waals surface area contributed by atoms with Crippen LogP contribution in [0.2, 0.25) is 0 Å². The highest BCUT2D eigenvalue weighted by Gasteiger charge is 2.30. The Hall–Kier alpha value is -1.96. The minimum absolute atomic E-state index is 0. The largest absolute Gasteiger partial charge is 0.416 e. The Kier molecular flexibility index (Phi) is 10.4. The van der Waals surface area contributed by atoms with E-state index in [9.17, 15) is 18.0 Å². The summed E-state index contributed by atoms with van der Waals surface area (Å²) in [5.41, 5.74) is -0.784. The number of rotatable bonds is 3. The van der Waals surface area contributed by atoms with E-state index < -0.39 is 11.7 Å². The number of nitrogens with one attached hydrogen (secondary N) is 2.